The third-order valence-electron chi connectivity index (χ3n) is 4.01. The van der Waals surface area contributed by atoms with E-state index in [-0.39, 0.29) is 32.6 Å². The van der Waals surface area contributed by atoms with E-state index >= 15 is 0 Å². The fraction of sp³-hybridized carbons (Fsp3) is 0.286. The van der Waals surface area contributed by atoms with Crippen molar-refractivity contribution in [2.24, 2.45) is 0 Å². The molecule has 1 amide bonds. The van der Waals surface area contributed by atoms with Crippen LogP contribution in [-0.2, 0) is 11.3 Å². The Kier molecular flexibility index (Phi) is 8.50. The molecule has 1 aromatic heterocycles. The lowest BCUT2D eigenvalue weighted by molar-refractivity contribution is -0.115. The number of nitriles is 1. The average molecular weight is 433 g/mol. The number of alkyl halides is 2. The molecular formula is C21H21F2N3O3S. The van der Waals surface area contributed by atoms with Gasteiger partial charge in [0.1, 0.15) is 16.5 Å². The van der Waals surface area contributed by atoms with Gasteiger partial charge in [0.05, 0.1) is 4.53 Å². The average Bonchev–Trinajstić information content (AvgIpc) is 3.00. The van der Waals surface area contributed by atoms with E-state index in [9.17, 15) is 23.6 Å². The lowest BCUT2D eigenvalue weighted by Gasteiger charge is -2.06. The first-order valence-corrected chi connectivity index (χ1v) is 10.0. The molecule has 0 aliphatic heterocycles. The van der Waals surface area contributed by atoms with E-state index in [0.717, 1.165) is 24.2 Å². The van der Waals surface area contributed by atoms with Gasteiger partial charge in [0.2, 0.25) is 0 Å². The number of allylic oxidation sites excluding steroid dienone is 1. The Balaban J connectivity index is 2.68. The maximum atomic E-state index is 12.9. The van der Waals surface area contributed by atoms with Crippen LogP contribution in [0.25, 0.3) is 11.6 Å². The summed E-state index contributed by atoms with van der Waals surface area (Å²) in [6.45, 7) is 3.06. The Labute approximate surface area is 176 Å². The third-order valence-corrected chi connectivity index (χ3v) is 5.14. The SMILES string of the molecule is C=CCn1c(=C(C#N)C(=O)NCCCC)sc(=Cc2ccccc2OC(F)F)c1=O. The number of carbonyl (C=O) groups excluding carboxylic acids is 1. The monoisotopic (exact) mass is 433 g/mol. The maximum Gasteiger partial charge on any atom is 0.387 e. The zero-order valence-corrected chi connectivity index (χ0v) is 17.2. The summed E-state index contributed by atoms with van der Waals surface area (Å²) in [6.07, 6.45) is 4.51. The lowest BCUT2D eigenvalue weighted by Crippen LogP contribution is -2.34. The summed E-state index contributed by atoms with van der Waals surface area (Å²) in [5.41, 5.74) is -0.373. The van der Waals surface area contributed by atoms with Gasteiger partial charge in [-0.15, -0.1) is 17.9 Å². The van der Waals surface area contributed by atoms with Crippen LogP contribution in [0, 0.1) is 11.3 Å². The van der Waals surface area contributed by atoms with E-state index in [0.29, 0.717) is 6.54 Å². The van der Waals surface area contributed by atoms with Crippen molar-refractivity contribution >= 4 is 28.9 Å². The van der Waals surface area contributed by atoms with E-state index in [4.69, 9.17) is 0 Å². The number of nitrogens with one attached hydrogen (secondary N) is 1. The van der Waals surface area contributed by atoms with Gasteiger partial charge in [0, 0.05) is 18.7 Å². The molecule has 158 valence electrons. The molecule has 0 saturated heterocycles. The number of halogens is 2. The van der Waals surface area contributed by atoms with Gasteiger partial charge in [-0.2, -0.15) is 14.0 Å². The second-order valence-electron chi connectivity index (χ2n) is 6.13. The number of amides is 1. The summed E-state index contributed by atoms with van der Waals surface area (Å²) in [6, 6.07) is 7.92. The molecule has 0 bridgehead atoms. The molecule has 30 heavy (non-hydrogen) atoms. The number of aromatic nitrogens is 1. The van der Waals surface area contributed by atoms with Gasteiger partial charge in [0.15, 0.2) is 5.57 Å². The second kappa shape index (κ2) is 11.1. The molecule has 0 aliphatic carbocycles. The van der Waals surface area contributed by atoms with E-state index < -0.39 is 18.1 Å². The number of unbranched alkanes of at least 4 members (excludes halogenated alkanes) is 1. The van der Waals surface area contributed by atoms with E-state index in [1.54, 1.807) is 6.07 Å². The number of carbonyl (C=O) groups is 1. The van der Waals surface area contributed by atoms with Crippen molar-refractivity contribution in [1.29, 1.82) is 5.26 Å². The van der Waals surface area contributed by atoms with Crippen LogP contribution in [0.1, 0.15) is 25.3 Å². The first-order valence-electron chi connectivity index (χ1n) is 9.21. The van der Waals surface area contributed by atoms with Crippen LogP contribution in [0.15, 0.2) is 41.7 Å². The molecule has 0 radical (unpaired) electrons. The minimum absolute atomic E-state index is 0.0843. The number of ether oxygens (including phenoxy) is 1. The number of rotatable bonds is 9. The Bertz CT molecular complexity index is 1130. The highest BCUT2D eigenvalue weighted by Gasteiger charge is 2.15. The van der Waals surface area contributed by atoms with Crippen molar-refractivity contribution < 1.29 is 18.3 Å². The first kappa shape index (κ1) is 23.0. The quantitative estimate of drug-likeness (QED) is 0.485. The molecule has 0 unspecified atom stereocenters. The summed E-state index contributed by atoms with van der Waals surface area (Å²) >= 11 is 0.932. The Morgan fingerprint density at radius 2 is 2.17 bits per heavy atom. The van der Waals surface area contributed by atoms with E-state index in [2.05, 4.69) is 16.6 Å². The first-order chi connectivity index (χ1) is 14.4. The van der Waals surface area contributed by atoms with Gasteiger partial charge in [0.25, 0.3) is 11.5 Å². The fourth-order valence-corrected chi connectivity index (χ4v) is 3.71. The molecule has 0 fully saturated rings. The molecule has 0 saturated carbocycles. The predicted molar refractivity (Wildman–Crippen MR) is 112 cm³/mol. The van der Waals surface area contributed by atoms with Crippen molar-refractivity contribution in [2.75, 3.05) is 6.54 Å². The predicted octanol–water partition coefficient (Wildman–Crippen LogP) is 2.12. The van der Waals surface area contributed by atoms with Crippen LogP contribution >= 0.6 is 11.3 Å². The summed E-state index contributed by atoms with van der Waals surface area (Å²) < 4.78 is 31.4. The zero-order valence-electron chi connectivity index (χ0n) is 16.4. The van der Waals surface area contributed by atoms with Crippen LogP contribution in [0.2, 0.25) is 0 Å². The maximum absolute atomic E-state index is 12.9. The highest BCUT2D eigenvalue weighted by atomic mass is 32.1. The number of thiazole rings is 1. The topological polar surface area (TPSA) is 84.1 Å². The number of hydrogen-bond acceptors (Lipinski definition) is 5. The molecule has 1 heterocycles. The number of nitrogens with zero attached hydrogens (tertiary/aromatic N) is 2. The molecule has 9 heteroatoms. The molecule has 2 rings (SSSR count). The summed E-state index contributed by atoms with van der Waals surface area (Å²) in [5, 5.41) is 12.2. The van der Waals surface area contributed by atoms with Crippen molar-refractivity contribution in [3.8, 4) is 11.8 Å². The zero-order chi connectivity index (χ0) is 22.1. The minimum atomic E-state index is -3.01. The van der Waals surface area contributed by atoms with Gasteiger partial charge < -0.3 is 10.1 Å². The highest BCUT2D eigenvalue weighted by molar-refractivity contribution is 7.07. The Morgan fingerprint density at radius 1 is 1.43 bits per heavy atom. The molecule has 6 nitrogen and oxygen atoms in total. The molecule has 1 aromatic carbocycles. The fourth-order valence-electron chi connectivity index (χ4n) is 2.61. The number of benzene rings is 1. The van der Waals surface area contributed by atoms with Crippen molar-refractivity contribution in [3.05, 3.63) is 62.0 Å². The second-order valence-corrected chi connectivity index (χ2v) is 7.16. The van der Waals surface area contributed by atoms with Crippen LogP contribution in [0.4, 0.5) is 8.78 Å². The molecule has 2 aromatic rings. The Hall–Kier alpha value is -3.25. The minimum Gasteiger partial charge on any atom is -0.434 e. The van der Waals surface area contributed by atoms with Gasteiger partial charge in [-0.1, -0.05) is 37.6 Å². The van der Waals surface area contributed by atoms with Crippen LogP contribution in [-0.4, -0.2) is 23.6 Å². The molecule has 0 aliphatic rings. The molecule has 0 spiro atoms. The Morgan fingerprint density at radius 3 is 2.80 bits per heavy atom. The van der Waals surface area contributed by atoms with Crippen molar-refractivity contribution in [2.45, 2.75) is 32.9 Å². The highest BCUT2D eigenvalue weighted by Crippen LogP contribution is 2.20. The van der Waals surface area contributed by atoms with Crippen LogP contribution in [0.5, 0.6) is 5.75 Å². The largest absolute Gasteiger partial charge is 0.434 e. The number of hydrogen-bond donors (Lipinski definition) is 1. The van der Waals surface area contributed by atoms with Gasteiger partial charge in [-0.25, -0.2) is 0 Å². The lowest BCUT2D eigenvalue weighted by atomic mass is 10.2. The molecular weight excluding hydrogens is 412 g/mol. The standard InChI is InChI=1S/C21H21F2N3O3S/c1-3-5-10-25-18(27)15(13-24)20-26(11-4-2)19(28)17(30-20)12-14-8-6-7-9-16(14)29-21(22)23/h4,6-9,12,21H,2-3,5,10-11H2,1H3,(H,25,27). The van der Waals surface area contributed by atoms with Crippen LogP contribution in [0.3, 0.4) is 0 Å². The number of para-hydroxylation sites is 1. The van der Waals surface area contributed by atoms with E-state index in [1.165, 1.54) is 34.9 Å². The van der Waals surface area contributed by atoms with Crippen molar-refractivity contribution in [1.82, 2.24) is 9.88 Å². The summed E-state index contributed by atoms with van der Waals surface area (Å²) in [5.74, 6) is -0.656. The summed E-state index contributed by atoms with van der Waals surface area (Å²) in [4.78, 5) is 25.3. The van der Waals surface area contributed by atoms with Crippen LogP contribution < -0.4 is 24.8 Å². The van der Waals surface area contributed by atoms with Gasteiger partial charge >= 0.3 is 6.61 Å². The van der Waals surface area contributed by atoms with E-state index in [1.807, 2.05) is 13.0 Å². The summed E-state index contributed by atoms with van der Waals surface area (Å²) in [7, 11) is 0. The normalized spacial score (nSPS) is 12.4. The third kappa shape index (κ3) is 5.64. The van der Waals surface area contributed by atoms with Gasteiger partial charge in [-0.05, 0) is 18.6 Å². The smallest absolute Gasteiger partial charge is 0.387 e. The molecule has 1 N–H and O–H groups in total. The van der Waals surface area contributed by atoms with Crippen molar-refractivity contribution in [3.63, 3.8) is 0 Å². The van der Waals surface area contributed by atoms with Gasteiger partial charge in [-0.3, -0.25) is 14.2 Å². The molecule has 0 atom stereocenters.